The lowest BCUT2D eigenvalue weighted by atomic mass is 10.0. The van der Waals surface area contributed by atoms with Gasteiger partial charge in [-0.15, -0.1) is 0 Å². The van der Waals surface area contributed by atoms with Gasteiger partial charge in [0, 0.05) is 6.04 Å². The van der Waals surface area contributed by atoms with Gasteiger partial charge in [-0.25, -0.2) is 0 Å². The highest BCUT2D eigenvalue weighted by Crippen LogP contribution is 2.23. The van der Waals surface area contributed by atoms with Gasteiger partial charge in [0.15, 0.2) is 0 Å². The van der Waals surface area contributed by atoms with Crippen molar-refractivity contribution in [3.05, 3.63) is 29.3 Å². The predicted octanol–water partition coefficient (Wildman–Crippen LogP) is 2.36. The minimum absolute atomic E-state index is 0.241. The van der Waals surface area contributed by atoms with Crippen LogP contribution in [0.5, 0.6) is 5.75 Å². The molecule has 1 atom stereocenters. The number of nitrogens with two attached hydrogens (primary N) is 1. The van der Waals surface area contributed by atoms with E-state index in [1.54, 1.807) is 7.11 Å². The fraction of sp³-hybridized carbons (Fsp3) is 0.455. The molecule has 0 saturated heterocycles. The lowest BCUT2D eigenvalue weighted by Gasteiger charge is -2.12. The maximum absolute atomic E-state index is 12.1. The molecule has 0 unspecified atom stereocenters. The normalized spacial score (nSPS) is 12.6. The Balaban J connectivity index is 2.88. The minimum Gasteiger partial charge on any atom is -0.496 e. The zero-order valence-electron chi connectivity index (χ0n) is 8.59. The summed E-state index contributed by atoms with van der Waals surface area (Å²) in [5.74, 6) is 0.803. The first kappa shape index (κ1) is 11.0. The summed E-state index contributed by atoms with van der Waals surface area (Å²) < 4.78 is 17.2. The van der Waals surface area contributed by atoms with Crippen molar-refractivity contribution < 1.29 is 9.13 Å². The molecule has 0 saturated carbocycles. The number of ether oxygens (including phenoxy) is 1. The van der Waals surface area contributed by atoms with Gasteiger partial charge in [0.2, 0.25) is 0 Å². The molecule has 78 valence electrons. The van der Waals surface area contributed by atoms with Crippen LogP contribution in [-0.4, -0.2) is 13.8 Å². The van der Waals surface area contributed by atoms with Crippen LogP contribution >= 0.6 is 0 Å². The molecule has 2 N–H and O–H groups in total. The van der Waals surface area contributed by atoms with Crippen molar-refractivity contribution in [3.63, 3.8) is 0 Å². The molecule has 1 aromatic carbocycles. The summed E-state index contributed by atoms with van der Waals surface area (Å²) in [4.78, 5) is 0. The molecule has 3 heteroatoms. The molecule has 1 aromatic rings. The number of halogens is 1. The Morgan fingerprint density at radius 1 is 1.50 bits per heavy atom. The number of methoxy groups -OCH3 is 1. The monoisotopic (exact) mass is 197 g/mol. The van der Waals surface area contributed by atoms with Crippen LogP contribution in [0.2, 0.25) is 0 Å². The van der Waals surface area contributed by atoms with Gasteiger partial charge in [-0.1, -0.05) is 12.1 Å². The lowest BCUT2D eigenvalue weighted by Crippen LogP contribution is -2.11. The van der Waals surface area contributed by atoms with E-state index in [9.17, 15) is 4.39 Å². The third-order valence-corrected chi connectivity index (χ3v) is 2.28. The van der Waals surface area contributed by atoms with Gasteiger partial charge in [-0.05, 0) is 30.5 Å². The Bertz CT molecular complexity index is 301. The zero-order valence-corrected chi connectivity index (χ0v) is 8.59. The van der Waals surface area contributed by atoms with E-state index in [4.69, 9.17) is 10.5 Å². The van der Waals surface area contributed by atoms with Crippen LogP contribution in [0, 0.1) is 6.92 Å². The average molecular weight is 197 g/mol. The molecule has 0 amide bonds. The molecule has 0 spiro atoms. The minimum atomic E-state index is -0.392. The van der Waals surface area contributed by atoms with Gasteiger partial charge in [-0.3, -0.25) is 4.39 Å². The van der Waals surface area contributed by atoms with Crippen LogP contribution in [-0.2, 0) is 0 Å². The summed E-state index contributed by atoms with van der Waals surface area (Å²) in [5, 5.41) is 0. The van der Waals surface area contributed by atoms with E-state index >= 15 is 0 Å². The second kappa shape index (κ2) is 4.96. The summed E-state index contributed by atoms with van der Waals surface area (Å²) >= 11 is 0. The van der Waals surface area contributed by atoms with E-state index < -0.39 is 6.67 Å². The van der Waals surface area contributed by atoms with E-state index in [-0.39, 0.29) is 6.04 Å². The molecule has 0 heterocycles. The first-order valence-corrected chi connectivity index (χ1v) is 4.65. The van der Waals surface area contributed by atoms with E-state index in [1.807, 2.05) is 25.1 Å². The highest BCUT2D eigenvalue weighted by Gasteiger charge is 2.07. The van der Waals surface area contributed by atoms with Crippen molar-refractivity contribution in [1.82, 2.24) is 0 Å². The maximum atomic E-state index is 12.1. The molecule has 0 aliphatic heterocycles. The molecule has 1 rings (SSSR count). The Kier molecular flexibility index (Phi) is 3.89. The molecular weight excluding hydrogens is 181 g/mol. The Hall–Kier alpha value is -1.09. The number of hydrogen-bond donors (Lipinski definition) is 1. The molecule has 0 fully saturated rings. The third kappa shape index (κ3) is 2.45. The van der Waals surface area contributed by atoms with E-state index in [0.29, 0.717) is 6.42 Å². The van der Waals surface area contributed by atoms with Crippen LogP contribution in [0.1, 0.15) is 23.6 Å². The molecule has 0 radical (unpaired) electrons. The first-order valence-electron chi connectivity index (χ1n) is 4.65. The summed E-state index contributed by atoms with van der Waals surface area (Å²) in [6, 6.07) is 5.48. The van der Waals surface area contributed by atoms with E-state index in [0.717, 1.165) is 16.9 Å². The Labute approximate surface area is 83.9 Å². The van der Waals surface area contributed by atoms with Crippen molar-refractivity contribution >= 4 is 0 Å². The maximum Gasteiger partial charge on any atom is 0.122 e. The van der Waals surface area contributed by atoms with Crippen LogP contribution in [0.25, 0.3) is 0 Å². The first-order chi connectivity index (χ1) is 6.69. The van der Waals surface area contributed by atoms with Crippen molar-refractivity contribution in [1.29, 1.82) is 0 Å². The highest BCUT2D eigenvalue weighted by atomic mass is 19.1. The van der Waals surface area contributed by atoms with Gasteiger partial charge in [0.05, 0.1) is 13.8 Å². The topological polar surface area (TPSA) is 35.2 Å². The fourth-order valence-corrected chi connectivity index (χ4v) is 1.35. The second-order valence-electron chi connectivity index (χ2n) is 3.31. The number of alkyl halides is 1. The van der Waals surface area contributed by atoms with Gasteiger partial charge >= 0.3 is 0 Å². The summed E-state index contributed by atoms with van der Waals surface area (Å²) in [6.07, 6.45) is 0.353. The number of hydrogen-bond acceptors (Lipinski definition) is 2. The molecule has 0 aliphatic rings. The van der Waals surface area contributed by atoms with Crippen LogP contribution in [0.15, 0.2) is 18.2 Å². The van der Waals surface area contributed by atoms with E-state index in [2.05, 4.69) is 0 Å². The van der Waals surface area contributed by atoms with Crippen LogP contribution in [0.3, 0.4) is 0 Å². The highest BCUT2D eigenvalue weighted by molar-refractivity contribution is 5.37. The molecule has 2 nitrogen and oxygen atoms in total. The standard InChI is InChI=1S/C11H16FNO/c1-8-3-4-9(7-11(8)14-2)10(13)5-6-12/h3-4,7,10H,5-6,13H2,1-2H3/t10-/m0/s1. The Morgan fingerprint density at radius 3 is 2.79 bits per heavy atom. The number of aryl methyl sites for hydroxylation is 1. The third-order valence-electron chi connectivity index (χ3n) is 2.28. The number of rotatable bonds is 4. The van der Waals surface area contributed by atoms with Gasteiger partial charge < -0.3 is 10.5 Å². The SMILES string of the molecule is COc1cc([C@@H](N)CCF)ccc1C. The molecule has 0 aliphatic carbocycles. The van der Waals surface area contributed by atoms with Gasteiger partial charge in [0.25, 0.3) is 0 Å². The van der Waals surface area contributed by atoms with Crippen LogP contribution in [0.4, 0.5) is 4.39 Å². The van der Waals surface area contributed by atoms with Crippen LogP contribution < -0.4 is 10.5 Å². The molecule has 14 heavy (non-hydrogen) atoms. The van der Waals surface area contributed by atoms with Crippen molar-refractivity contribution in [2.45, 2.75) is 19.4 Å². The van der Waals surface area contributed by atoms with Gasteiger partial charge in [-0.2, -0.15) is 0 Å². The van der Waals surface area contributed by atoms with Crippen molar-refractivity contribution in [2.75, 3.05) is 13.8 Å². The van der Waals surface area contributed by atoms with Gasteiger partial charge in [0.1, 0.15) is 5.75 Å². The van der Waals surface area contributed by atoms with Crippen molar-refractivity contribution in [2.24, 2.45) is 5.73 Å². The molecule has 0 aromatic heterocycles. The average Bonchev–Trinajstić information content (AvgIpc) is 2.19. The summed E-state index contributed by atoms with van der Waals surface area (Å²) in [6.45, 7) is 1.57. The molecule has 0 bridgehead atoms. The fourth-order valence-electron chi connectivity index (χ4n) is 1.35. The number of benzene rings is 1. The summed E-state index contributed by atoms with van der Waals surface area (Å²) in [7, 11) is 1.62. The Morgan fingerprint density at radius 2 is 2.21 bits per heavy atom. The largest absolute Gasteiger partial charge is 0.496 e. The smallest absolute Gasteiger partial charge is 0.122 e. The molecular formula is C11H16FNO. The second-order valence-corrected chi connectivity index (χ2v) is 3.31. The van der Waals surface area contributed by atoms with Crippen molar-refractivity contribution in [3.8, 4) is 5.75 Å². The van der Waals surface area contributed by atoms with E-state index in [1.165, 1.54) is 0 Å². The predicted molar refractivity (Wildman–Crippen MR) is 55.3 cm³/mol. The lowest BCUT2D eigenvalue weighted by molar-refractivity contribution is 0.408. The quantitative estimate of drug-likeness (QED) is 0.804. The summed E-state index contributed by atoms with van der Waals surface area (Å²) in [5.41, 5.74) is 7.76. The zero-order chi connectivity index (χ0) is 10.6.